The number of nitrogens with zero attached hydrogens (tertiary/aromatic N) is 4. The van der Waals surface area contributed by atoms with Crippen LogP contribution in [-0.2, 0) is 11.3 Å². The quantitative estimate of drug-likeness (QED) is 0.766. The number of aryl methyl sites for hydroxylation is 1. The van der Waals surface area contributed by atoms with Gasteiger partial charge in [0.05, 0.1) is 6.33 Å². The van der Waals surface area contributed by atoms with E-state index in [4.69, 9.17) is 10.5 Å². The van der Waals surface area contributed by atoms with Crippen molar-refractivity contribution in [1.29, 1.82) is 0 Å². The minimum Gasteiger partial charge on any atom is -0.382 e. The molecule has 2 aromatic heterocycles. The summed E-state index contributed by atoms with van der Waals surface area (Å²) in [6.07, 6.45) is 8.21. The normalized spacial score (nSPS) is 15.2. The van der Waals surface area contributed by atoms with Crippen LogP contribution >= 0.6 is 0 Å². The van der Waals surface area contributed by atoms with Crippen LogP contribution in [0.2, 0.25) is 0 Å². The minimum absolute atomic E-state index is 0.435. The van der Waals surface area contributed by atoms with E-state index >= 15 is 0 Å². The van der Waals surface area contributed by atoms with Crippen molar-refractivity contribution in [2.75, 3.05) is 18.9 Å². The lowest BCUT2D eigenvalue weighted by molar-refractivity contribution is 0.123. The Morgan fingerprint density at radius 3 is 3.00 bits per heavy atom. The maximum Gasteiger partial charge on any atom is 0.165 e. The second kappa shape index (κ2) is 5.52. The fourth-order valence-corrected chi connectivity index (χ4v) is 2.16. The molecule has 6 nitrogen and oxygen atoms in total. The molecule has 2 heterocycles. The molecule has 6 heteroatoms. The van der Waals surface area contributed by atoms with Gasteiger partial charge < -0.3 is 15.0 Å². The lowest BCUT2D eigenvalue weighted by Gasteiger charge is -2.05. The second-order valence-electron chi connectivity index (χ2n) is 5.07. The number of imidazole rings is 1. The zero-order valence-electron chi connectivity index (χ0n) is 11.0. The molecule has 0 aromatic carbocycles. The fourth-order valence-electron chi connectivity index (χ4n) is 2.16. The summed E-state index contributed by atoms with van der Waals surface area (Å²) in [5.74, 6) is 1.38. The summed E-state index contributed by atoms with van der Waals surface area (Å²) in [5, 5.41) is 0. The molecule has 0 unspecified atom stereocenters. The number of hydrogen-bond acceptors (Lipinski definition) is 5. The lowest BCUT2D eigenvalue weighted by atomic mass is 10.3. The molecule has 1 aliphatic rings. The molecule has 3 rings (SSSR count). The highest BCUT2D eigenvalue weighted by Crippen LogP contribution is 2.32. The van der Waals surface area contributed by atoms with Crippen molar-refractivity contribution in [3.63, 3.8) is 0 Å². The third kappa shape index (κ3) is 3.01. The molecule has 19 heavy (non-hydrogen) atoms. The van der Waals surface area contributed by atoms with Crippen molar-refractivity contribution in [3.8, 4) is 0 Å². The van der Waals surface area contributed by atoms with Gasteiger partial charge in [-0.05, 0) is 18.8 Å². The van der Waals surface area contributed by atoms with Gasteiger partial charge in [-0.2, -0.15) is 0 Å². The van der Waals surface area contributed by atoms with Gasteiger partial charge in [-0.3, -0.25) is 0 Å². The zero-order valence-corrected chi connectivity index (χ0v) is 11.0. The molecule has 0 radical (unpaired) electrons. The van der Waals surface area contributed by atoms with E-state index in [1.807, 2.05) is 4.57 Å². The van der Waals surface area contributed by atoms with Crippen LogP contribution in [0.1, 0.15) is 25.7 Å². The highest BCUT2D eigenvalue weighted by Gasteiger charge is 2.20. The van der Waals surface area contributed by atoms with E-state index in [1.54, 1.807) is 6.33 Å². The molecule has 0 saturated heterocycles. The molecule has 0 aliphatic heterocycles. The third-order valence-electron chi connectivity index (χ3n) is 3.48. The first-order chi connectivity index (χ1) is 9.34. The van der Waals surface area contributed by atoms with E-state index in [2.05, 4.69) is 15.0 Å². The number of hydrogen-bond donors (Lipinski definition) is 1. The Hall–Kier alpha value is -1.69. The Bertz CT molecular complexity index is 549. The molecule has 2 aromatic rings. The van der Waals surface area contributed by atoms with Gasteiger partial charge in [-0.25, -0.2) is 15.0 Å². The maximum absolute atomic E-state index is 5.75. The van der Waals surface area contributed by atoms with Crippen LogP contribution < -0.4 is 5.73 Å². The first-order valence-electron chi connectivity index (χ1n) is 6.83. The van der Waals surface area contributed by atoms with Gasteiger partial charge in [0.2, 0.25) is 0 Å². The Morgan fingerprint density at radius 1 is 1.26 bits per heavy atom. The van der Waals surface area contributed by atoms with E-state index in [1.165, 1.54) is 25.6 Å². The molecule has 1 saturated carbocycles. The van der Waals surface area contributed by atoms with Crippen molar-refractivity contribution in [1.82, 2.24) is 19.5 Å². The summed E-state index contributed by atoms with van der Waals surface area (Å²) in [7, 11) is 0. The van der Waals surface area contributed by atoms with Crippen LogP contribution in [0.15, 0.2) is 12.7 Å². The topological polar surface area (TPSA) is 78.9 Å². The second-order valence-corrected chi connectivity index (χ2v) is 5.07. The molecule has 1 fully saturated rings. The summed E-state index contributed by atoms with van der Waals surface area (Å²) in [5.41, 5.74) is 7.22. The monoisotopic (exact) mass is 261 g/mol. The first-order valence-corrected chi connectivity index (χ1v) is 6.83. The van der Waals surface area contributed by atoms with Crippen LogP contribution in [0.5, 0.6) is 0 Å². The van der Waals surface area contributed by atoms with Gasteiger partial charge >= 0.3 is 0 Å². The Kier molecular flexibility index (Phi) is 3.59. The Morgan fingerprint density at radius 2 is 2.16 bits per heavy atom. The van der Waals surface area contributed by atoms with Crippen molar-refractivity contribution >= 4 is 17.0 Å². The third-order valence-corrected chi connectivity index (χ3v) is 3.48. The summed E-state index contributed by atoms with van der Waals surface area (Å²) in [4.78, 5) is 12.4. The van der Waals surface area contributed by atoms with E-state index < -0.39 is 0 Å². The van der Waals surface area contributed by atoms with E-state index in [0.717, 1.165) is 37.7 Å². The van der Waals surface area contributed by atoms with Crippen molar-refractivity contribution in [2.45, 2.75) is 32.2 Å². The van der Waals surface area contributed by atoms with Crippen LogP contribution in [0.4, 0.5) is 5.82 Å². The van der Waals surface area contributed by atoms with E-state index in [0.29, 0.717) is 11.3 Å². The van der Waals surface area contributed by atoms with Gasteiger partial charge in [0.1, 0.15) is 11.8 Å². The SMILES string of the molecule is Nc1ncnc2c1ncn2CCCOCCC1CC1. The molecule has 2 N–H and O–H groups in total. The van der Waals surface area contributed by atoms with E-state index in [-0.39, 0.29) is 0 Å². The van der Waals surface area contributed by atoms with Crippen LogP contribution in [0.25, 0.3) is 11.2 Å². The predicted octanol–water partition coefficient (Wildman–Crippen LogP) is 1.62. The number of nitrogens with two attached hydrogens (primary N) is 1. The van der Waals surface area contributed by atoms with Gasteiger partial charge in [0.15, 0.2) is 11.5 Å². The predicted molar refractivity (Wildman–Crippen MR) is 72.5 cm³/mol. The summed E-state index contributed by atoms with van der Waals surface area (Å²) < 4.78 is 7.63. The molecule has 0 spiro atoms. The minimum atomic E-state index is 0.435. The summed E-state index contributed by atoms with van der Waals surface area (Å²) >= 11 is 0. The van der Waals surface area contributed by atoms with Crippen LogP contribution in [-0.4, -0.2) is 32.7 Å². The highest BCUT2D eigenvalue weighted by molar-refractivity contribution is 5.80. The summed E-state index contributed by atoms with van der Waals surface area (Å²) in [6.45, 7) is 2.52. The highest BCUT2D eigenvalue weighted by atomic mass is 16.5. The van der Waals surface area contributed by atoms with Crippen LogP contribution in [0, 0.1) is 5.92 Å². The number of fused-ring (bicyclic) bond motifs is 1. The standard InChI is InChI=1S/C13H19N5O/c14-12-11-13(16-8-15-12)18(9-17-11)5-1-6-19-7-4-10-2-3-10/h8-10H,1-7H2,(H2,14,15,16). The Balaban J connectivity index is 1.46. The summed E-state index contributed by atoms with van der Waals surface area (Å²) in [6, 6.07) is 0. The average molecular weight is 261 g/mol. The first kappa shape index (κ1) is 12.3. The van der Waals surface area contributed by atoms with E-state index in [9.17, 15) is 0 Å². The lowest BCUT2D eigenvalue weighted by Crippen LogP contribution is -2.04. The maximum atomic E-state index is 5.75. The number of nitrogen functional groups attached to an aromatic ring is 1. The molecular formula is C13H19N5O. The van der Waals surface area contributed by atoms with Crippen molar-refractivity contribution in [2.24, 2.45) is 5.92 Å². The molecule has 1 aliphatic carbocycles. The smallest absolute Gasteiger partial charge is 0.165 e. The number of aromatic nitrogens is 4. The zero-order chi connectivity index (χ0) is 13.1. The van der Waals surface area contributed by atoms with Gasteiger partial charge in [0, 0.05) is 19.8 Å². The average Bonchev–Trinajstić information content (AvgIpc) is 3.14. The fraction of sp³-hybridized carbons (Fsp3) is 0.615. The van der Waals surface area contributed by atoms with Gasteiger partial charge in [-0.1, -0.05) is 12.8 Å². The number of anilines is 1. The van der Waals surface area contributed by atoms with Gasteiger partial charge in [-0.15, -0.1) is 0 Å². The largest absolute Gasteiger partial charge is 0.382 e. The Labute approximate surface area is 112 Å². The molecular weight excluding hydrogens is 242 g/mol. The molecule has 102 valence electrons. The van der Waals surface area contributed by atoms with Crippen molar-refractivity contribution in [3.05, 3.63) is 12.7 Å². The molecule has 0 atom stereocenters. The van der Waals surface area contributed by atoms with Gasteiger partial charge in [0.25, 0.3) is 0 Å². The van der Waals surface area contributed by atoms with Crippen LogP contribution in [0.3, 0.4) is 0 Å². The number of rotatable bonds is 7. The molecule has 0 bridgehead atoms. The molecule has 0 amide bonds. The van der Waals surface area contributed by atoms with Crippen molar-refractivity contribution < 1.29 is 4.74 Å². The number of ether oxygens (including phenoxy) is 1.